The van der Waals surface area contributed by atoms with Crippen LogP contribution in [0.5, 0.6) is 5.75 Å². The van der Waals surface area contributed by atoms with E-state index in [1.54, 1.807) is 36.4 Å². The molecule has 0 atom stereocenters. The second-order valence-corrected chi connectivity index (χ2v) is 7.89. The van der Waals surface area contributed by atoms with Gasteiger partial charge in [0.05, 0.1) is 10.1 Å². The summed E-state index contributed by atoms with van der Waals surface area (Å²) in [6.07, 6.45) is 0. The van der Waals surface area contributed by atoms with Crippen molar-refractivity contribution in [2.75, 3.05) is 11.5 Å². The van der Waals surface area contributed by atoms with Crippen molar-refractivity contribution in [1.82, 2.24) is 0 Å². The van der Waals surface area contributed by atoms with Crippen molar-refractivity contribution in [2.45, 2.75) is 11.5 Å². The van der Waals surface area contributed by atoms with E-state index in [1.165, 1.54) is 24.0 Å². The molecular weight excluding hydrogens is 328 g/mol. The molecule has 5 heteroatoms. The summed E-state index contributed by atoms with van der Waals surface area (Å²) >= 11 is 3.87. The third-order valence-corrected chi connectivity index (χ3v) is 6.62. The molecule has 3 nitrogen and oxygen atoms in total. The van der Waals surface area contributed by atoms with E-state index in [0.717, 1.165) is 0 Å². The van der Waals surface area contributed by atoms with Crippen LogP contribution in [0.15, 0.2) is 48.5 Å². The molecule has 0 amide bonds. The molecule has 3 rings (SSSR count). The van der Waals surface area contributed by atoms with Gasteiger partial charge in [0.15, 0.2) is 5.78 Å². The first-order valence-corrected chi connectivity index (χ1v) is 9.39. The normalized spacial score (nSPS) is 14.7. The van der Waals surface area contributed by atoms with Gasteiger partial charge in [0.25, 0.3) is 0 Å². The molecule has 0 spiro atoms. The van der Waals surface area contributed by atoms with E-state index in [2.05, 4.69) is 0 Å². The number of thioether (sulfide) groups is 2. The maximum absolute atomic E-state index is 12.2. The maximum atomic E-state index is 12.2. The van der Waals surface area contributed by atoms with E-state index in [4.69, 9.17) is 4.74 Å². The fraction of sp³-hybridized carbons (Fsp3) is 0.222. The molecule has 0 unspecified atom stereocenters. The Kier molecular flexibility index (Phi) is 5.08. The van der Waals surface area contributed by atoms with E-state index in [9.17, 15) is 9.59 Å². The van der Waals surface area contributed by atoms with Gasteiger partial charge in [-0.15, -0.1) is 23.5 Å². The molecule has 1 saturated heterocycles. The van der Waals surface area contributed by atoms with E-state index < -0.39 is 0 Å². The number of hydrogen-bond donors (Lipinski definition) is 0. The molecule has 0 N–H and O–H groups in total. The Bertz CT molecular complexity index is 702. The zero-order chi connectivity index (χ0) is 16.2. The molecule has 0 aromatic heterocycles. The van der Waals surface area contributed by atoms with Gasteiger partial charge in [-0.25, -0.2) is 4.79 Å². The number of Topliss-reactive ketones (excluding diaryl/α,β-unsaturated/α-hetero) is 1. The van der Waals surface area contributed by atoms with E-state index in [0.29, 0.717) is 21.5 Å². The van der Waals surface area contributed by atoms with Gasteiger partial charge < -0.3 is 4.74 Å². The Labute approximate surface area is 143 Å². The summed E-state index contributed by atoms with van der Waals surface area (Å²) in [6, 6.07) is 14.2. The minimum absolute atomic E-state index is 0.0129. The van der Waals surface area contributed by atoms with Gasteiger partial charge in [0.1, 0.15) is 5.75 Å². The van der Waals surface area contributed by atoms with Crippen LogP contribution in [0.3, 0.4) is 0 Å². The lowest BCUT2D eigenvalue weighted by molar-refractivity contribution is 0.0734. The van der Waals surface area contributed by atoms with Crippen molar-refractivity contribution in [3.05, 3.63) is 65.2 Å². The molecule has 1 aliphatic rings. The van der Waals surface area contributed by atoms with Crippen molar-refractivity contribution in [3.8, 4) is 5.75 Å². The Morgan fingerprint density at radius 1 is 0.913 bits per heavy atom. The standard InChI is InChI=1S/C18H16O3S2/c1-12(19)13-6-8-16(9-7-13)21-17(20)14-2-4-15(5-3-14)18-22-10-11-23-18/h2-9,18H,10-11H2,1H3. The van der Waals surface area contributed by atoms with E-state index in [1.807, 2.05) is 35.7 Å². The molecule has 1 fully saturated rings. The highest BCUT2D eigenvalue weighted by molar-refractivity contribution is 8.19. The summed E-state index contributed by atoms with van der Waals surface area (Å²) < 4.78 is 5.81. The second-order valence-electron chi connectivity index (χ2n) is 5.17. The van der Waals surface area contributed by atoms with Gasteiger partial charge in [-0.1, -0.05) is 12.1 Å². The summed E-state index contributed by atoms with van der Waals surface area (Å²) in [7, 11) is 0. The number of carbonyl (C=O) groups excluding carboxylic acids is 2. The number of carbonyl (C=O) groups is 2. The molecule has 1 aliphatic heterocycles. The zero-order valence-corrected chi connectivity index (χ0v) is 14.3. The smallest absolute Gasteiger partial charge is 0.343 e. The minimum atomic E-state index is -0.390. The quantitative estimate of drug-likeness (QED) is 0.461. The molecule has 0 saturated carbocycles. The molecule has 2 aromatic rings. The second kappa shape index (κ2) is 7.23. The lowest BCUT2D eigenvalue weighted by Gasteiger charge is -2.09. The Morgan fingerprint density at radius 2 is 1.48 bits per heavy atom. The minimum Gasteiger partial charge on any atom is -0.423 e. The van der Waals surface area contributed by atoms with Gasteiger partial charge in [-0.3, -0.25) is 4.79 Å². The van der Waals surface area contributed by atoms with Crippen molar-refractivity contribution < 1.29 is 14.3 Å². The first-order chi connectivity index (χ1) is 11.1. The fourth-order valence-corrected chi connectivity index (χ4v) is 5.11. The van der Waals surface area contributed by atoms with Crippen molar-refractivity contribution in [3.63, 3.8) is 0 Å². The zero-order valence-electron chi connectivity index (χ0n) is 12.7. The first kappa shape index (κ1) is 16.1. The molecule has 23 heavy (non-hydrogen) atoms. The molecule has 1 heterocycles. The van der Waals surface area contributed by atoms with Gasteiger partial charge >= 0.3 is 5.97 Å². The van der Waals surface area contributed by atoms with Crippen LogP contribution in [0.25, 0.3) is 0 Å². The predicted octanol–water partition coefficient (Wildman–Crippen LogP) is 4.59. The third-order valence-electron chi connectivity index (χ3n) is 3.51. The highest BCUT2D eigenvalue weighted by Crippen LogP contribution is 2.45. The summed E-state index contributed by atoms with van der Waals surface area (Å²) in [6.45, 7) is 1.50. The fourth-order valence-electron chi connectivity index (χ4n) is 2.25. The number of rotatable bonds is 4. The molecule has 2 aromatic carbocycles. The first-order valence-electron chi connectivity index (χ1n) is 7.30. The maximum Gasteiger partial charge on any atom is 0.343 e. The molecule has 0 aliphatic carbocycles. The lowest BCUT2D eigenvalue weighted by atomic mass is 10.1. The lowest BCUT2D eigenvalue weighted by Crippen LogP contribution is -2.08. The monoisotopic (exact) mass is 344 g/mol. The summed E-state index contributed by atoms with van der Waals surface area (Å²) in [4.78, 5) is 23.4. The van der Waals surface area contributed by atoms with Gasteiger partial charge in [-0.2, -0.15) is 0 Å². The summed E-state index contributed by atoms with van der Waals surface area (Å²) in [5, 5.41) is 0. The van der Waals surface area contributed by atoms with E-state index in [-0.39, 0.29) is 11.8 Å². The summed E-state index contributed by atoms with van der Waals surface area (Å²) in [5.41, 5.74) is 2.36. The average Bonchev–Trinajstić information content (AvgIpc) is 3.10. The number of ketones is 1. The van der Waals surface area contributed by atoms with Gasteiger partial charge in [-0.05, 0) is 48.9 Å². The SMILES string of the molecule is CC(=O)c1ccc(OC(=O)c2ccc(C3SCCS3)cc2)cc1. The van der Waals surface area contributed by atoms with Crippen LogP contribution in [0.4, 0.5) is 0 Å². The average molecular weight is 344 g/mol. The highest BCUT2D eigenvalue weighted by Gasteiger charge is 2.18. The van der Waals surface area contributed by atoms with Gasteiger partial charge in [0, 0.05) is 17.1 Å². The van der Waals surface area contributed by atoms with Crippen LogP contribution in [0, 0.1) is 0 Å². The van der Waals surface area contributed by atoms with Crippen molar-refractivity contribution >= 4 is 35.3 Å². The van der Waals surface area contributed by atoms with Crippen LogP contribution < -0.4 is 4.74 Å². The molecule has 0 bridgehead atoms. The summed E-state index contributed by atoms with van der Waals surface area (Å²) in [5.74, 6) is 2.39. The number of benzene rings is 2. The van der Waals surface area contributed by atoms with Crippen LogP contribution in [0.2, 0.25) is 0 Å². The number of ether oxygens (including phenoxy) is 1. The predicted molar refractivity (Wildman–Crippen MR) is 95.5 cm³/mol. The third kappa shape index (κ3) is 3.98. The van der Waals surface area contributed by atoms with Crippen LogP contribution in [0.1, 0.15) is 37.8 Å². The van der Waals surface area contributed by atoms with Crippen LogP contribution in [-0.2, 0) is 0 Å². The van der Waals surface area contributed by atoms with E-state index >= 15 is 0 Å². The Balaban J connectivity index is 1.66. The highest BCUT2D eigenvalue weighted by atomic mass is 32.2. The topological polar surface area (TPSA) is 43.4 Å². The van der Waals surface area contributed by atoms with Crippen molar-refractivity contribution in [1.29, 1.82) is 0 Å². The Morgan fingerprint density at radius 3 is 2.04 bits per heavy atom. The van der Waals surface area contributed by atoms with Crippen LogP contribution in [-0.4, -0.2) is 23.3 Å². The number of hydrogen-bond acceptors (Lipinski definition) is 5. The Hall–Kier alpha value is -1.72. The molecular formula is C18H16O3S2. The molecule has 0 radical (unpaired) electrons. The van der Waals surface area contributed by atoms with Crippen molar-refractivity contribution in [2.24, 2.45) is 0 Å². The van der Waals surface area contributed by atoms with Crippen LogP contribution >= 0.6 is 23.5 Å². The number of esters is 1. The van der Waals surface area contributed by atoms with Gasteiger partial charge in [0.2, 0.25) is 0 Å². The largest absolute Gasteiger partial charge is 0.423 e. The molecule has 118 valence electrons.